The lowest BCUT2D eigenvalue weighted by Gasteiger charge is -2.29. The number of carbonyl (C=O) groups excluding carboxylic acids is 1. The Bertz CT molecular complexity index is 1100. The fourth-order valence-corrected chi connectivity index (χ4v) is 4.89. The van der Waals surface area contributed by atoms with Crippen molar-refractivity contribution in [3.63, 3.8) is 0 Å². The number of aromatic nitrogens is 1. The van der Waals surface area contributed by atoms with Crippen LogP contribution >= 0.6 is 15.9 Å². The van der Waals surface area contributed by atoms with E-state index in [0.717, 1.165) is 23.2 Å². The molecule has 1 fully saturated rings. The zero-order chi connectivity index (χ0) is 19.0. The molecule has 0 spiro atoms. The summed E-state index contributed by atoms with van der Waals surface area (Å²) < 4.78 is 33.5. The Balaban J connectivity index is 1.84. The lowest BCUT2D eigenvalue weighted by Crippen LogP contribution is -2.36. The average Bonchev–Trinajstić information content (AvgIpc) is 3.08. The number of ether oxygens (including phenoxy) is 1. The van der Waals surface area contributed by atoms with E-state index in [-0.39, 0.29) is 4.90 Å². The van der Waals surface area contributed by atoms with Gasteiger partial charge < -0.3 is 9.64 Å². The molecule has 1 aliphatic rings. The van der Waals surface area contributed by atoms with Crippen molar-refractivity contribution in [3.8, 4) is 0 Å². The molecule has 6 nitrogen and oxygen atoms in total. The van der Waals surface area contributed by atoms with E-state index >= 15 is 0 Å². The van der Waals surface area contributed by atoms with Crippen molar-refractivity contribution in [2.75, 3.05) is 31.2 Å². The van der Waals surface area contributed by atoms with Crippen LogP contribution in [0.25, 0.3) is 10.9 Å². The highest BCUT2D eigenvalue weighted by Gasteiger charge is 2.22. The highest BCUT2D eigenvalue weighted by molar-refractivity contribution is 9.10. The number of morpholine rings is 1. The molecule has 0 N–H and O–H groups in total. The first kappa shape index (κ1) is 18.2. The van der Waals surface area contributed by atoms with Gasteiger partial charge >= 0.3 is 0 Å². The van der Waals surface area contributed by atoms with Crippen LogP contribution in [0.4, 0.5) is 5.69 Å². The normalized spacial score (nSPS) is 15.2. The second-order valence-electron chi connectivity index (χ2n) is 6.26. The minimum absolute atomic E-state index is 0.164. The van der Waals surface area contributed by atoms with E-state index in [1.54, 1.807) is 18.2 Å². The molecule has 1 aromatic heterocycles. The van der Waals surface area contributed by atoms with Gasteiger partial charge in [0.25, 0.3) is 10.0 Å². The number of carbonyl (C=O) groups is 1. The summed E-state index contributed by atoms with van der Waals surface area (Å²) in [6.07, 6.45) is 2.08. The topological polar surface area (TPSA) is 68.6 Å². The van der Waals surface area contributed by atoms with Crippen LogP contribution in [-0.4, -0.2) is 45.0 Å². The number of halogens is 1. The molecule has 8 heteroatoms. The van der Waals surface area contributed by atoms with Gasteiger partial charge in [0.2, 0.25) is 0 Å². The van der Waals surface area contributed by atoms with Crippen LogP contribution < -0.4 is 4.90 Å². The van der Waals surface area contributed by atoms with E-state index in [9.17, 15) is 13.2 Å². The number of hydrogen-bond donors (Lipinski definition) is 0. The van der Waals surface area contributed by atoms with Crippen LogP contribution in [0.15, 0.2) is 58.0 Å². The van der Waals surface area contributed by atoms with E-state index in [4.69, 9.17) is 4.74 Å². The lowest BCUT2D eigenvalue weighted by atomic mass is 10.1. The fourth-order valence-electron chi connectivity index (χ4n) is 3.24. The van der Waals surface area contributed by atoms with Crippen molar-refractivity contribution in [2.45, 2.75) is 4.90 Å². The first-order valence-corrected chi connectivity index (χ1v) is 10.7. The van der Waals surface area contributed by atoms with Gasteiger partial charge in [0.05, 0.1) is 23.6 Å². The van der Waals surface area contributed by atoms with Crippen molar-refractivity contribution in [2.24, 2.45) is 0 Å². The van der Waals surface area contributed by atoms with Gasteiger partial charge in [-0.15, -0.1) is 0 Å². The van der Waals surface area contributed by atoms with E-state index in [2.05, 4.69) is 20.8 Å². The molecule has 1 saturated heterocycles. The van der Waals surface area contributed by atoms with Crippen molar-refractivity contribution in [1.82, 2.24) is 3.97 Å². The van der Waals surface area contributed by atoms with E-state index in [0.29, 0.717) is 36.0 Å². The standard InChI is InChI=1S/C19H17BrN2O4S/c20-15-1-4-17(5-2-15)27(24,25)22-12-14(13-23)18-11-16(3-6-19(18)22)21-7-9-26-10-8-21/h1-6,11-13H,7-10H2. The maximum absolute atomic E-state index is 13.1. The zero-order valence-electron chi connectivity index (χ0n) is 14.3. The van der Waals surface area contributed by atoms with Gasteiger partial charge in [-0.2, -0.15) is 0 Å². The predicted molar refractivity (Wildman–Crippen MR) is 107 cm³/mol. The zero-order valence-corrected chi connectivity index (χ0v) is 16.7. The van der Waals surface area contributed by atoms with Gasteiger partial charge in [0.15, 0.2) is 6.29 Å². The Morgan fingerprint density at radius 1 is 1.04 bits per heavy atom. The fraction of sp³-hybridized carbons (Fsp3) is 0.211. The number of benzene rings is 2. The molecule has 0 unspecified atom stereocenters. The van der Waals surface area contributed by atoms with Crippen LogP contribution in [-0.2, 0) is 14.8 Å². The van der Waals surface area contributed by atoms with Gasteiger partial charge in [-0.05, 0) is 42.5 Å². The molecule has 1 aliphatic heterocycles. The Labute approximate surface area is 165 Å². The number of rotatable bonds is 4. The average molecular weight is 449 g/mol. The summed E-state index contributed by atoms with van der Waals surface area (Å²) in [6.45, 7) is 2.83. The molecule has 3 aromatic rings. The third kappa shape index (κ3) is 3.28. The molecule has 0 radical (unpaired) electrons. The Morgan fingerprint density at radius 2 is 1.74 bits per heavy atom. The molecule has 27 heavy (non-hydrogen) atoms. The van der Waals surface area contributed by atoms with Crippen LogP contribution in [0.3, 0.4) is 0 Å². The lowest BCUT2D eigenvalue weighted by molar-refractivity contribution is 0.112. The molecule has 0 bridgehead atoms. The largest absolute Gasteiger partial charge is 0.378 e. The second-order valence-corrected chi connectivity index (χ2v) is 8.99. The Morgan fingerprint density at radius 3 is 2.41 bits per heavy atom. The summed E-state index contributed by atoms with van der Waals surface area (Å²) in [5, 5.41) is 0.620. The third-order valence-corrected chi connectivity index (χ3v) is 6.88. The first-order chi connectivity index (χ1) is 13.0. The van der Waals surface area contributed by atoms with Crippen LogP contribution in [0.2, 0.25) is 0 Å². The summed E-state index contributed by atoms with van der Waals surface area (Å²) in [4.78, 5) is 13.9. The smallest absolute Gasteiger partial charge is 0.268 e. The van der Waals surface area contributed by atoms with Gasteiger partial charge in [-0.1, -0.05) is 15.9 Å². The van der Waals surface area contributed by atoms with Gasteiger partial charge in [-0.25, -0.2) is 12.4 Å². The molecule has 0 amide bonds. The van der Waals surface area contributed by atoms with Gasteiger partial charge in [0, 0.05) is 40.4 Å². The molecule has 140 valence electrons. The molecular weight excluding hydrogens is 432 g/mol. The molecule has 0 saturated carbocycles. The van der Waals surface area contributed by atoms with Crippen molar-refractivity contribution >= 4 is 48.8 Å². The summed E-state index contributed by atoms with van der Waals surface area (Å²) in [5.74, 6) is 0. The van der Waals surface area contributed by atoms with Crippen LogP contribution in [0.1, 0.15) is 10.4 Å². The quantitative estimate of drug-likeness (QED) is 0.572. The number of hydrogen-bond acceptors (Lipinski definition) is 5. The van der Waals surface area contributed by atoms with E-state index in [1.807, 2.05) is 12.1 Å². The van der Waals surface area contributed by atoms with Crippen LogP contribution in [0, 0.1) is 0 Å². The van der Waals surface area contributed by atoms with Gasteiger partial charge in [0.1, 0.15) is 0 Å². The van der Waals surface area contributed by atoms with E-state index < -0.39 is 10.0 Å². The van der Waals surface area contributed by atoms with Crippen molar-refractivity contribution < 1.29 is 17.9 Å². The number of anilines is 1. The SMILES string of the molecule is O=Cc1cn(S(=O)(=O)c2ccc(Br)cc2)c2ccc(N3CCOCC3)cc12. The highest BCUT2D eigenvalue weighted by atomic mass is 79.9. The maximum atomic E-state index is 13.1. The summed E-state index contributed by atoms with van der Waals surface area (Å²) in [7, 11) is -3.81. The molecule has 2 aromatic carbocycles. The minimum Gasteiger partial charge on any atom is -0.378 e. The Hall–Kier alpha value is -2.16. The Kier molecular flexibility index (Phi) is 4.79. The van der Waals surface area contributed by atoms with E-state index in [1.165, 1.54) is 22.3 Å². The summed E-state index contributed by atoms with van der Waals surface area (Å²) >= 11 is 3.31. The highest BCUT2D eigenvalue weighted by Crippen LogP contribution is 2.29. The molecule has 0 aliphatic carbocycles. The van der Waals surface area contributed by atoms with Gasteiger partial charge in [-0.3, -0.25) is 4.79 Å². The molecule has 0 atom stereocenters. The molecule has 2 heterocycles. The monoisotopic (exact) mass is 448 g/mol. The van der Waals surface area contributed by atoms with Crippen molar-refractivity contribution in [1.29, 1.82) is 0 Å². The number of aldehydes is 1. The number of fused-ring (bicyclic) bond motifs is 1. The predicted octanol–water partition coefficient (Wildman–Crippen LogP) is 3.29. The maximum Gasteiger partial charge on any atom is 0.268 e. The molecule has 4 rings (SSSR count). The van der Waals surface area contributed by atoms with Crippen LogP contribution in [0.5, 0.6) is 0 Å². The number of nitrogens with zero attached hydrogens (tertiary/aromatic N) is 2. The second kappa shape index (κ2) is 7.10. The molecular formula is C19H17BrN2O4S. The third-order valence-electron chi connectivity index (χ3n) is 4.66. The minimum atomic E-state index is -3.81. The first-order valence-electron chi connectivity index (χ1n) is 8.45. The summed E-state index contributed by atoms with van der Waals surface area (Å²) in [5.41, 5.74) is 1.78. The summed E-state index contributed by atoms with van der Waals surface area (Å²) in [6, 6.07) is 11.9. The van der Waals surface area contributed by atoms with Crippen molar-refractivity contribution in [3.05, 3.63) is 58.7 Å².